The normalized spacial score (nSPS) is 13.9. The van der Waals surface area contributed by atoms with Gasteiger partial charge in [-0.05, 0) is 36.2 Å². The van der Waals surface area contributed by atoms with E-state index in [1.54, 1.807) is 0 Å². The second-order valence-electron chi connectivity index (χ2n) is 4.97. The largest absolute Gasteiger partial charge is 0.291 e. The maximum Gasteiger partial charge on any atom is 0.291 e. The summed E-state index contributed by atoms with van der Waals surface area (Å²) in [5.74, 6) is -0.559. The zero-order valence-corrected chi connectivity index (χ0v) is 14.0. The lowest BCUT2D eigenvalue weighted by Crippen LogP contribution is -2.29. The van der Waals surface area contributed by atoms with Crippen LogP contribution in [-0.2, 0) is 16.4 Å². The minimum absolute atomic E-state index is 0.119. The lowest BCUT2D eigenvalue weighted by atomic mass is 10.2. The summed E-state index contributed by atoms with van der Waals surface area (Å²) in [6.45, 7) is 0.119. The number of nitro groups is 1. The molecule has 0 aliphatic carbocycles. The van der Waals surface area contributed by atoms with Crippen LogP contribution < -0.4 is 4.31 Å². The van der Waals surface area contributed by atoms with Gasteiger partial charge in [0.1, 0.15) is 5.82 Å². The fourth-order valence-corrected chi connectivity index (χ4v) is 4.53. The van der Waals surface area contributed by atoms with Gasteiger partial charge in [-0.2, -0.15) is 0 Å². The van der Waals surface area contributed by atoms with Crippen LogP contribution in [0, 0.1) is 15.9 Å². The van der Waals surface area contributed by atoms with Gasteiger partial charge in [0, 0.05) is 17.1 Å². The molecule has 6 nitrogen and oxygen atoms in total. The van der Waals surface area contributed by atoms with Gasteiger partial charge in [0.25, 0.3) is 15.7 Å². The van der Waals surface area contributed by atoms with Crippen molar-refractivity contribution >= 4 is 37.3 Å². The molecule has 0 saturated heterocycles. The van der Waals surface area contributed by atoms with E-state index in [1.807, 2.05) is 0 Å². The standard InChI is InChI=1S/C14H10BrFN2O4S/c15-10-2-4-14(13(7-10)18(19)20)23(21,22)17-6-5-9-1-3-11(16)8-12(9)17/h1-4,7-8H,5-6H2. The Morgan fingerprint density at radius 3 is 2.65 bits per heavy atom. The van der Waals surface area contributed by atoms with E-state index in [1.165, 1.54) is 24.3 Å². The van der Waals surface area contributed by atoms with Crippen LogP contribution in [0.3, 0.4) is 0 Å². The summed E-state index contributed by atoms with van der Waals surface area (Å²) in [5, 5.41) is 11.2. The summed E-state index contributed by atoms with van der Waals surface area (Å²) in [7, 11) is -4.16. The number of nitrogens with zero attached hydrogens (tertiary/aromatic N) is 2. The number of benzene rings is 2. The monoisotopic (exact) mass is 400 g/mol. The van der Waals surface area contributed by atoms with Crippen molar-refractivity contribution in [2.45, 2.75) is 11.3 Å². The number of fused-ring (bicyclic) bond motifs is 1. The van der Waals surface area contributed by atoms with E-state index < -0.39 is 31.3 Å². The second-order valence-corrected chi connectivity index (χ2v) is 7.72. The molecule has 0 N–H and O–H groups in total. The van der Waals surface area contributed by atoms with E-state index in [0.29, 0.717) is 16.5 Å². The fourth-order valence-electron chi connectivity index (χ4n) is 2.54. The lowest BCUT2D eigenvalue weighted by molar-refractivity contribution is -0.387. The molecule has 1 aliphatic heterocycles. The van der Waals surface area contributed by atoms with Crippen molar-refractivity contribution in [2.75, 3.05) is 10.8 Å². The SMILES string of the molecule is O=[N+]([O-])c1cc(Br)ccc1S(=O)(=O)N1CCc2ccc(F)cc21. The Morgan fingerprint density at radius 1 is 1.22 bits per heavy atom. The van der Waals surface area contributed by atoms with Gasteiger partial charge in [-0.15, -0.1) is 0 Å². The Balaban J connectivity index is 2.16. The minimum atomic E-state index is -4.16. The number of hydrogen-bond acceptors (Lipinski definition) is 4. The van der Waals surface area contributed by atoms with Crippen molar-refractivity contribution in [1.82, 2.24) is 0 Å². The highest BCUT2D eigenvalue weighted by Crippen LogP contribution is 2.36. The Bertz CT molecular complexity index is 917. The zero-order valence-electron chi connectivity index (χ0n) is 11.6. The molecular formula is C14H10BrFN2O4S. The summed E-state index contributed by atoms with van der Waals surface area (Å²) in [5.41, 5.74) is 0.390. The van der Waals surface area contributed by atoms with Crippen molar-refractivity contribution in [3.63, 3.8) is 0 Å². The molecule has 0 radical (unpaired) electrons. The smallest absolute Gasteiger partial charge is 0.265 e. The number of nitro benzene ring substituents is 1. The van der Waals surface area contributed by atoms with Crippen molar-refractivity contribution in [1.29, 1.82) is 0 Å². The Morgan fingerprint density at radius 2 is 1.96 bits per heavy atom. The first-order valence-corrected chi connectivity index (χ1v) is 8.79. The van der Waals surface area contributed by atoms with Crippen LogP contribution in [0.15, 0.2) is 45.8 Å². The van der Waals surface area contributed by atoms with E-state index in [0.717, 1.165) is 16.4 Å². The summed E-state index contributed by atoms with van der Waals surface area (Å²) in [6, 6.07) is 7.64. The molecule has 2 aromatic carbocycles. The van der Waals surface area contributed by atoms with Gasteiger partial charge in [0.15, 0.2) is 4.90 Å². The van der Waals surface area contributed by atoms with Crippen LogP contribution in [0.1, 0.15) is 5.56 Å². The third-order valence-corrected chi connectivity index (χ3v) is 5.94. The molecule has 0 saturated carbocycles. The third kappa shape index (κ3) is 2.70. The van der Waals surface area contributed by atoms with Crippen molar-refractivity contribution in [3.8, 4) is 0 Å². The molecule has 0 amide bonds. The predicted molar refractivity (Wildman–Crippen MR) is 85.4 cm³/mol. The number of rotatable bonds is 3. The molecule has 2 aromatic rings. The first-order chi connectivity index (χ1) is 10.8. The van der Waals surface area contributed by atoms with Gasteiger partial charge in [-0.3, -0.25) is 14.4 Å². The molecule has 9 heteroatoms. The summed E-state index contributed by atoms with van der Waals surface area (Å²) in [4.78, 5) is 10.0. The van der Waals surface area contributed by atoms with Crippen LogP contribution in [0.4, 0.5) is 15.8 Å². The molecule has 0 spiro atoms. The maximum atomic E-state index is 13.5. The van der Waals surface area contributed by atoms with E-state index in [9.17, 15) is 22.9 Å². The highest BCUT2D eigenvalue weighted by Gasteiger charge is 2.35. The van der Waals surface area contributed by atoms with E-state index in [-0.39, 0.29) is 12.2 Å². The molecule has 3 rings (SSSR count). The fraction of sp³-hybridized carbons (Fsp3) is 0.143. The van der Waals surface area contributed by atoms with Crippen molar-refractivity contribution in [3.05, 3.63) is 62.4 Å². The van der Waals surface area contributed by atoms with Crippen molar-refractivity contribution < 1.29 is 17.7 Å². The zero-order chi connectivity index (χ0) is 16.8. The summed E-state index contributed by atoms with van der Waals surface area (Å²) < 4.78 is 40.5. The van der Waals surface area contributed by atoms with Gasteiger partial charge in [0.05, 0.1) is 10.6 Å². The Labute approximate surface area is 139 Å². The topological polar surface area (TPSA) is 80.5 Å². The van der Waals surface area contributed by atoms with Gasteiger partial charge in [-0.1, -0.05) is 22.0 Å². The van der Waals surface area contributed by atoms with Crippen LogP contribution >= 0.6 is 15.9 Å². The van der Waals surface area contributed by atoms with Crippen molar-refractivity contribution in [2.24, 2.45) is 0 Å². The van der Waals surface area contributed by atoms with Crippen LogP contribution in [-0.4, -0.2) is 19.9 Å². The quantitative estimate of drug-likeness (QED) is 0.584. The second kappa shape index (κ2) is 5.57. The van der Waals surface area contributed by atoms with E-state index in [4.69, 9.17) is 0 Å². The van der Waals surface area contributed by atoms with Gasteiger partial charge >= 0.3 is 0 Å². The maximum absolute atomic E-state index is 13.5. The molecule has 1 aliphatic rings. The highest BCUT2D eigenvalue weighted by molar-refractivity contribution is 9.10. The molecule has 1 heterocycles. The molecule has 0 atom stereocenters. The molecule has 0 bridgehead atoms. The number of halogens is 2. The van der Waals surface area contributed by atoms with Crippen LogP contribution in [0.25, 0.3) is 0 Å². The number of anilines is 1. The predicted octanol–water partition coefficient (Wildman–Crippen LogP) is 3.25. The minimum Gasteiger partial charge on any atom is -0.265 e. The molecule has 0 fully saturated rings. The average Bonchev–Trinajstić information content (AvgIpc) is 2.90. The number of hydrogen-bond donors (Lipinski definition) is 0. The summed E-state index contributed by atoms with van der Waals surface area (Å²) >= 11 is 3.09. The van der Waals surface area contributed by atoms with Crippen LogP contribution in [0.2, 0.25) is 0 Å². The summed E-state index contributed by atoms with van der Waals surface area (Å²) in [6.07, 6.45) is 0.430. The highest BCUT2D eigenvalue weighted by atomic mass is 79.9. The molecule has 23 heavy (non-hydrogen) atoms. The third-order valence-electron chi connectivity index (χ3n) is 3.59. The van der Waals surface area contributed by atoms with Gasteiger partial charge < -0.3 is 0 Å². The first-order valence-electron chi connectivity index (χ1n) is 6.56. The Kier molecular flexibility index (Phi) is 3.85. The van der Waals surface area contributed by atoms with E-state index >= 15 is 0 Å². The van der Waals surface area contributed by atoms with E-state index in [2.05, 4.69) is 15.9 Å². The Hall–Kier alpha value is -2.00. The molecule has 120 valence electrons. The molecular weight excluding hydrogens is 391 g/mol. The number of sulfonamides is 1. The van der Waals surface area contributed by atoms with Gasteiger partial charge in [-0.25, -0.2) is 12.8 Å². The first kappa shape index (κ1) is 15.9. The van der Waals surface area contributed by atoms with Gasteiger partial charge in [0.2, 0.25) is 0 Å². The average molecular weight is 401 g/mol. The lowest BCUT2D eigenvalue weighted by Gasteiger charge is -2.19. The molecule has 0 unspecified atom stereocenters. The molecule has 0 aromatic heterocycles. The van der Waals surface area contributed by atoms with Crippen LogP contribution in [0.5, 0.6) is 0 Å².